The number of nitrogens with zero attached hydrogens (tertiary/aromatic N) is 1. The van der Waals surface area contributed by atoms with Crippen molar-refractivity contribution in [3.8, 4) is 0 Å². The Kier molecular flexibility index (Phi) is 6.23. The Hall–Kier alpha value is -1.45. The molecule has 1 N–H and O–H groups in total. The van der Waals surface area contributed by atoms with Crippen molar-refractivity contribution in [1.82, 2.24) is 10.2 Å². The Bertz CT molecular complexity index is 669. The molecule has 2 amide bonds. The molecule has 0 radical (unpaired) electrons. The molecule has 0 saturated carbocycles. The summed E-state index contributed by atoms with van der Waals surface area (Å²) in [6.45, 7) is 6.30. The van der Waals surface area contributed by atoms with E-state index in [-0.39, 0.29) is 21.3 Å². The molecule has 1 aliphatic rings. The topological polar surface area (TPSA) is 58.6 Å². The minimum absolute atomic E-state index is 0.173. The van der Waals surface area contributed by atoms with Crippen molar-refractivity contribution in [2.75, 3.05) is 13.1 Å². The molecule has 0 atom stereocenters. The molecule has 0 aromatic heterocycles. The van der Waals surface area contributed by atoms with Crippen LogP contribution >= 0.6 is 22.6 Å². The van der Waals surface area contributed by atoms with Crippen LogP contribution in [0, 0.1) is 15.2 Å². The van der Waals surface area contributed by atoms with E-state index < -0.39 is 23.1 Å². The Morgan fingerprint density at radius 3 is 2.36 bits per heavy atom. The normalized spacial score (nSPS) is 15.8. The van der Waals surface area contributed by atoms with E-state index >= 15 is 0 Å². The summed E-state index contributed by atoms with van der Waals surface area (Å²) in [5, 5.41) is 2.75. The number of ether oxygens (including phenoxy) is 1. The van der Waals surface area contributed by atoms with Crippen molar-refractivity contribution in [3.05, 3.63) is 32.9 Å². The van der Waals surface area contributed by atoms with Gasteiger partial charge >= 0.3 is 6.09 Å². The molecule has 1 aromatic rings. The largest absolute Gasteiger partial charge is 0.444 e. The van der Waals surface area contributed by atoms with Crippen LogP contribution in [0.4, 0.5) is 13.6 Å². The van der Waals surface area contributed by atoms with Gasteiger partial charge in [-0.15, -0.1) is 0 Å². The maximum absolute atomic E-state index is 13.8. The molecule has 1 heterocycles. The molecule has 2 rings (SSSR count). The molecule has 0 spiro atoms. The van der Waals surface area contributed by atoms with Crippen LogP contribution in [-0.2, 0) is 4.74 Å². The lowest BCUT2D eigenvalue weighted by molar-refractivity contribution is 0.0199. The molecule has 1 saturated heterocycles. The third kappa shape index (κ3) is 5.52. The predicted molar refractivity (Wildman–Crippen MR) is 97.4 cm³/mol. The summed E-state index contributed by atoms with van der Waals surface area (Å²) in [5.41, 5.74) is -0.736. The van der Waals surface area contributed by atoms with Crippen LogP contribution in [0.25, 0.3) is 0 Å². The van der Waals surface area contributed by atoms with Gasteiger partial charge in [0.2, 0.25) is 0 Å². The van der Waals surface area contributed by atoms with E-state index in [4.69, 9.17) is 4.74 Å². The van der Waals surface area contributed by atoms with Crippen LogP contribution in [0.5, 0.6) is 0 Å². The summed E-state index contributed by atoms with van der Waals surface area (Å²) in [4.78, 5) is 25.8. The number of benzene rings is 1. The highest BCUT2D eigenvalue weighted by Gasteiger charge is 2.28. The summed E-state index contributed by atoms with van der Waals surface area (Å²) >= 11 is 1.71. The first-order valence-corrected chi connectivity index (χ1v) is 9.08. The van der Waals surface area contributed by atoms with Gasteiger partial charge in [0.1, 0.15) is 17.2 Å². The molecule has 25 heavy (non-hydrogen) atoms. The third-order valence-corrected chi connectivity index (χ3v) is 4.56. The Balaban J connectivity index is 1.91. The first-order valence-electron chi connectivity index (χ1n) is 8.00. The molecular weight excluding hydrogens is 445 g/mol. The number of hydrogen-bond acceptors (Lipinski definition) is 3. The molecule has 0 bridgehead atoms. The van der Waals surface area contributed by atoms with Gasteiger partial charge < -0.3 is 15.0 Å². The molecule has 1 fully saturated rings. The molecule has 5 nitrogen and oxygen atoms in total. The van der Waals surface area contributed by atoms with Crippen LogP contribution in [-0.4, -0.2) is 41.6 Å². The lowest BCUT2D eigenvalue weighted by atomic mass is 10.0. The number of halogens is 3. The second kappa shape index (κ2) is 7.84. The molecule has 0 unspecified atom stereocenters. The predicted octanol–water partition coefficient (Wildman–Crippen LogP) is 3.70. The molecule has 8 heteroatoms. The monoisotopic (exact) mass is 466 g/mol. The first-order chi connectivity index (χ1) is 11.6. The smallest absolute Gasteiger partial charge is 0.410 e. The van der Waals surface area contributed by atoms with Gasteiger partial charge in [0.25, 0.3) is 5.91 Å². The number of rotatable bonds is 2. The number of amides is 2. The van der Waals surface area contributed by atoms with E-state index in [1.54, 1.807) is 48.3 Å². The van der Waals surface area contributed by atoms with Gasteiger partial charge in [-0.3, -0.25) is 4.79 Å². The number of carbonyl (C=O) groups is 2. The van der Waals surface area contributed by atoms with Crippen molar-refractivity contribution in [3.63, 3.8) is 0 Å². The zero-order chi connectivity index (χ0) is 18.8. The quantitative estimate of drug-likeness (QED) is 0.535. The first kappa shape index (κ1) is 19.9. The lowest BCUT2D eigenvalue weighted by Gasteiger charge is -2.33. The van der Waals surface area contributed by atoms with E-state index in [0.717, 1.165) is 0 Å². The summed E-state index contributed by atoms with van der Waals surface area (Å²) in [5.74, 6) is -2.16. The van der Waals surface area contributed by atoms with Gasteiger partial charge in [-0.05, 0) is 62.3 Å². The SMILES string of the molecule is CC(C)(C)OC(=O)N1CCC(NC(=O)c2cc(I)c(F)cc2F)CC1. The number of likely N-dealkylation sites (tertiary alicyclic amines) is 1. The zero-order valence-electron chi connectivity index (χ0n) is 14.4. The zero-order valence-corrected chi connectivity index (χ0v) is 16.5. The van der Waals surface area contributed by atoms with Crippen LogP contribution in [0.15, 0.2) is 12.1 Å². The highest BCUT2D eigenvalue weighted by atomic mass is 127. The minimum atomic E-state index is -0.887. The average molecular weight is 466 g/mol. The van der Waals surface area contributed by atoms with E-state index in [2.05, 4.69) is 5.32 Å². The fourth-order valence-electron chi connectivity index (χ4n) is 2.49. The Morgan fingerprint density at radius 2 is 1.80 bits per heavy atom. The molecule has 0 aliphatic carbocycles. The summed E-state index contributed by atoms with van der Waals surface area (Å²) in [7, 11) is 0. The number of piperidine rings is 1. The summed E-state index contributed by atoms with van der Waals surface area (Å²) in [6.07, 6.45) is 0.715. The lowest BCUT2D eigenvalue weighted by Crippen LogP contribution is -2.47. The second-order valence-corrected chi connectivity index (χ2v) is 8.12. The maximum atomic E-state index is 13.8. The van der Waals surface area contributed by atoms with Crippen LogP contribution in [0.1, 0.15) is 44.0 Å². The Labute approximate surface area is 159 Å². The van der Waals surface area contributed by atoms with Gasteiger partial charge in [0.15, 0.2) is 0 Å². The third-order valence-electron chi connectivity index (χ3n) is 3.74. The van der Waals surface area contributed by atoms with Gasteiger partial charge in [-0.1, -0.05) is 0 Å². The highest BCUT2D eigenvalue weighted by molar-refractivity contribution is 14.1. The van der Waals surface area contributed by atoms with Crippen molar-refractivity contribution in [2.45, 2.75) is 45.3 Å². The van der Waals surface area contributed by atoms with Gasteiger partial charge in [-0.2, -0.15) is 0 Å². The number of carbonyl (C=O) groups excluding carboxylic acids is 2. The summed E-state index contributed by atoms with van der Waals surface area (Å²) < 4.78 is 32.6. The maximum Gasteiger partial charge on any atom is 0.410 e. The van der Waals surface area contributed by atoms with Crippen molar-refractivity contribution >= 4 is 34.6 Å². The van der Waals surface area contributed by atoms with Crippen LogP contribution in [0.2, 0.25) is 0 Å². The van der Waals surface area contributed by atoms with Crippen molar-refractivity contribution in [2.24, 2.45) is 0 Å². The number of hydrogen-bond donors (Lipinski definition) is 1. The molecule has 1 aliphatic heterocycles. The van der Waals surface area contributed by atoms with Gasteiger partial charge in [0.05, 0.1) is 5.56 Å². The molecular formula is C17H21F2IN2O3. The van der Waals surface area contributed by atoms with E-state index in [1.165, 1.54) is 6.07 Å². The highest BCUT2D eigenvalue weighted by Crippen LogP contribution is 2.19. The second-order valence-electron chi connectivity index (χ2n) is 6.96. The van der Waals surface area contributed by atoms with Crippen molar-refractivity contribution < 1.29 is 23.1 Å². The van der Waals surface area contributed by atoms with E-state index in [0.29, 0.717) is 32.0 Å². The molecule has 1 aromatic carbocycles. The van der Waals surface area contributed by atoms with E-state index in [9.17, 15) is 18.4 Å². The fourth-order valence-corrected chi connectivity index (χ4v) is 2.96. The van der Waals surface area contributed by atoms with E-state index in [1.807, 2.05) is 0 Å². The van der Waals surface area contributed by atoms with Gasteiger partial charge in [-0.25, -0.2) is 13.6 Å². The van der Waals surface area contributed by atoms with Gasteiger partial charge in [0, 0.05) is 28.8 Å². The molecule has 138 valence electrons. The average Bonchev–Trinajstić information content (AvgIpc) is 2.49. The number of nitrogens with one attached hydrogen (secondary N) is 1. The fraction of sp³-hybridized carbons (Fsp3) is 0.529. The van der Waals surface area contributed by atoms with Crippen LogP contribution < -0.4 is 5.32 Å². The summed E-state index contributed by atoms with van der Waals surface area (Å²) in [6, 6.07) is 1.73. The Morgan fingerprint density at radius 1 is 1.20 bits per heavy atom. The minimum Gasteiger partial charge on any atom is -0.444 e. The standard InChI is InChI=1S/C17H21F2IN2O3/c1-17(2,3)25-16(24)22-6-4-10(5-7-22)21-15(23)11-8-14(20)13(19)9-12(11)18/h8-10H,4-7H2,1-3H3,(H,21,23). The van der Waals surface area contributed by atoms with Crippen LogP contribution in [0.3, 0.4) is 0 Å². The van der Waals surface area contributed by atoms with Crippen molar-refractivity contribution in [1.29, 1.82) is 0 Å².